The predicted octanol–water partition coefficient (Wildman–Crippen LogP) is 3.69. The normalized spacial score (nSPS) is 21.1. The Labute approximate surface area is 159 Å². The van der Waals surface area contributed by atoms with Gasteiger partial charge in [0.25, 0.3) is 0 Å². The Kier molecular flexibility index (Phi) is 4.84. The van der Waals surface area contributed by atoms with Crippen LogP contribution in [0.4, 0.5) is 11.4 Å². The van der Waals surface area contributed by atoms with E-state index in [2.05, 4.69) is 34.5 Å². The Morgan fingerprint density at radius 2 is 1.78 bits per heavy atom. The van der Waals surface area contributed by atoms with Crippen LogP contribution in [0.2, 0.25) is 0 Å². The summed E-state index contributed by atoms with van der Waals surface area (Å²) < 4.78 is 0. The Balaban J connectivity index is 1.34. The van der Waals surface area contributed by atoms with Gasteiger partial charge in [0.15, 0.2) is 0 Å². The smallest absolute Gasteiger partial charge is 0.306 e. The predicted molar refractivity (Wildman–Crippen MR) is 105 cm³/mol. The van der Waals surface area contributed by atoms with Crippen LogP contribution in [0.5, 0.6) is 0 Å². The van der Waals surface area contributed by atoms with Crippen LogP contribution in [-0.2, 0) is 22.6 Å². The summed E-state index contributed by atoms with van der Waals surface area (Å²) >= 11 is 0. The Morgan fingerprint density at radius 1 is 1.04 bits per heavy atom. The average molecular weight is 364 g/mol. The molecule has 2 aromatic carbocycles. The molecule has 1 aliphatic heterocycles. The van der Waals surface area contributed by atoms with Gasteiger partial charge in [-0.25, -0.2) is 0 Å². The zero-order valence-corrected chi connectivity index (χ0v) is 15.2. The van der Waals surface area contributed by atoms with E-state index in [-0.39, 0.29) is 17.7 Å². The van der Waals surface area contributed by atoms with Crippen molar-refractivity contribution in [2.45, 2.75) is 32.2 Å². The highest BCUT2D eigenvalue weighted by molar-refractivity contribution is 5.93. The van der Waals surface area contributed by atoms with Gasteiger partial charge < -0.3 is 15.3 Å². The highest BCUT2D eigenvalue weighted by Crippen LogP contribution is 2.32. The number of benzene rings is 2. The van der Waals surface area contributed by atoms with E-state index in [0.29, 0.717) is 19.3 Å². The van der Waals surface area contributed by atoms with Gasteiger partial charge in [0.2, 0.25) is 5.91 Å². The lowest BCUT2D eigenvalue weighted by molar-refractivity contribution is -0.141. The second kappa shape index (κ2) is 7.43. The van der Waals surface area contributed by atoms with Crippen LogP contribution < -0.4 is 10.2 Å². The van der Waals surface area contributed by atoms with Crippen LogP contribution in [0.3, 0.4) is 0 Å². The molecule has 1 amide bonds. The van der Waals surface area contributed by atoms with Crippen molar-refractivity contribution < 1.29 is 14.7 Å². The van der Waals surface area contributed by atoms with E-state index in [1.54, 1.807) is 0 Å². The second-order valence-corrected chi connectivity index (χ2v) is 7.53. The number of amides is 1. The first-order valence-corrected chi connectivity index (χ1v) is 9.55. The molecule has 27 heavy (non-hydrogen) atoms. The van der Waals surface area contributed by atoms with Crippen molar-refractivity contribution in [3.63, 3.8) is 0 Å². The van der Waals surface area contributed by atoms with Crippen LogP contribution >= 0.6 is 0 Å². The van der Waals surface area contributed by atoms with Crippen molar-refractivity contribution in [2.24, 2.45) is 11.8 Å². The second-order valence-electron chi connectivity index (χ2n) is 7.53. The number of carbonyl (C=O) groups excluding carboxylic acids is 1. The molecule has 0 saturated heterocycles. The van der Waals surface area contributed by atoms with Crippen molar-refractivity contribution in [3.05, 3.63) is 59.7 Å². The van der Waals surface area contributed by atoms with Crippen molar-refractivity contribution in [2.75, 3.05) is 16.8 Å². The Hall–Kier alpha value is -2.82. The van der Waals surface area contributed by atoms with Gasteiger partial charge in [0, 0.05) is 30.4 Å². The number of carboxylic acid groups (broad SMARTS) is 1. The van der Waals surface area contributed by atoms with Gasteiger partial charge in [-0.1, -0.05) is 30.3 Å². The first-order valence-electron chi connectivity index (χ1n) is 9.55. The molecule has 2 N–H and O–H groups in total. The van der Waals surface area contributed by atoms with Gasteiger partial charge in [0.1, 0.15) is 0 Å². The fraction of sp³-hybridized carbons (Fsp3) is 0.364. The summed E-state index contributed by atoms with van der Waals surface area (Å²) in [5, 5.41) is 12.0. The van der Waals surface area contributed by atoms with E-state index in [1.807, 2.05) is 24.3 Å². The first kappa shape index (κ1) is 17.6. The molecule has 4 rings (SSSR count). The molecule has 2 atom stereocenters. The molecule has 2 aliphatic rings. The molecule has 0 unspecified atom stereocenters. The van der Waals surface area contributed by atoms with Gasteiger partial charge in [-0.15, -0.1) is 0 Å². The minimum absolute atomic E-state index is 0.0695. The van der Waals surface area contributed by atoms with E-state index in [1.165, 1.54) is 16.8 Å². The fourth-order valence-corrected chi connectivity index (χ4v) is 4.17. The lowest BCUT2D eigenvalue weighted by Crippen LogP contribution is -2.22. The Bertz CT molecular complexity index is 847. The maximum atomic E-state index is 12.4. The van der Waals surface area contributed by atoms with E-state index >= 15 is 0 Å². The number of rotatable bonds is 5. The maximum Gasteiger partial charge on any atom is 0.306 e. The van der Waals surface area contributed by atoms with Crippen molar-refractivity contribution in [3.8, 4) is 0 Å². The largest absolute Gasteiger partial charge is 0.481 e. The van der Waals surface area contributed by atoms with Gasteiger partial charge in [-0.3, -0.25) is 9.59 Å². The molecule has 0 aromatic heterocycles. The van der Waals surface area contributed by atoms with Crippen LogP contribution in [0.15, 0.2) is 48.5 Å². The molecule has 1 aliphatic carbocycles. The molecular weight excluding hydrogens is 340 g/mol. The Morgan fingerprint density at radius 3 is 2.52 bits per heavy atom. The number of para-hydroxylation sites is 1. The highest BCUT2D eigenvalue weighted by Gasteiger charge is 2.33. The lowest BCUT2D eigenvalue weighted by Gasteiger charge is -2.19. The summed E-state index contributed by atoms with van der Waals surface area (Å²) in [5.74, 6) is -1.45. The number of aliphatic carboxylic acids is 1. The number of hydrogen-bond donors (Lipinski definition) is 2. The summed E-state index contributed by atoms with van der Waals surface area (Å²) in [6.45, 7) is 1.89. The monoisotopic (exact) mass is 364 g/mol. The van der Waals surface area contributed by atoms with Crippen LogP contribution in [0.25, 0.3) is 0 Å². The van der Waals surface area contributed by atoms with Gasteiger partial charge >= 0.3 is 5.97 Å². The third kappa shape index (κ3) is 3.82. The van der Waals surface area contributed by atoms with Crippen LogP contribution in [0, 0.1) is 11.8 Å². The molecule has 140 valence electrons. The van der Waals surface area contributed by atoms with Crippen molar-refractivity contribution in [1.82, 2.24) is 0 Å². The molecule has 0 bridgehead atoms. The zero-order chi connectivity index (χ0) is 18.8. The van der Waals surface area contributed by atoms with E-state index in [9.17, 15) is 9.59 Å². The molecule has 0 spiro atoms. The number of carbonyl (C=O) groups is 2. The van der Waals surface area contributed by atoms with Crippen LogP contribution in [-0.4, -0.2) is 23.5 Å². The molecule has 0 radical (unpaired) electrons. The highest BCUT2D eigenvalue weighted by atomic mass is 16.4. The molecule has 1 fully saturated rings. The minimum Gasteiger partial charge on any atom is -0.481 e. The number of carboxylic acids is 1. The van der Waals surface area contributed by atoms with Crippen LogP contribution in [0.1, 0.15) is 30.4 Å². The molecule has 2 aromatic rings. The quantitative estimate of drug-likeness (QED) is 0.849. The molecular formula is C22H24N2O3. The molecule has 5 heteroatoms. The van der Waals surface area contributed by atoms with Gasteiger partial charge in [0.05, 0.1) is 5.92 Å². The molecule has 1 saturated carbocycles. The summed E-state index contributed by atoms with van der Waals surface area (Å²) in [6.07, 6.45) is 2.76. The van der Waals surface area contributed by atoms with E-state index in [0.717, 1.165) is 25.2 Å². The first-order chi connectivity index (χ1) is 13.1. The summed E-state index contributed by atoms with van der Waals surface area (Å²) in [5.41, 5.74) is 4.68. The number of nitrogens with zero attached hydrogens (tertiary/aromatic N) is 1. The lowest BCUT2D eigenvalue weighted by atomic mass is 10.0. The number of hydrogen-bond acceptors (Lipinski definition) is 3. The summed E-state index contributed by atoms with van der Waals surface area (Å²) in [7, 11) is 0. The number of fused-ring (bicyclic) bond motifs is 1. The fourth-order valence-electron chi connectivity index (χ4n) is 4.17. The average Bonchev–Trinajstić information content (AvgIpc) is 3.31. The van der Waals surface area contributed by atoms with Gasteiger partial charge in [-0.05, 0) is 55.0 Å². The maximum absolute atomic E-state index is 12.4. The van der Waals surface area contributed by atoms with Gasteiger partial charge in [-0.2, -0.15) is 0 Å². The summed E-state index contributed by atoms with van der Waals surface area (Å²) in [4.78, 5) is 25.8. The minimum atomic E-state index is -0.793. The van der Waals surface area contributed by atoms with E-state index in [4.69, 9.17) is 5.11 Å². The molecule has 1 heterocycles. The van der Waals surface area contributed by atoms with Crippen molar-refractivity contribution >= 4 is 23.3 Å². The molecule has 5 nitrogen and oxygen atoms in total. The standard InChI is InChI=1S/C22H24N2O3/c25-21(17-7-8-18(13-17)22(26)27)23-19-9-5-15(6-10-19)14-24-12-11-16-3-1-2-4-20(16)24/h1-6,9-10,17-18H,7-8,11-14H2,(H,23,25)(H,26,27)/t17-,18+/m0/s1. The van der Waals surface area contributed by atoms with E-state index < -0.39 is 5.97 Å². The zero-order valence-electron chi connectivity index (χ0n) is 15.2. The number of nitrogens with one attached hydrogen (secondary N) is 1. The SMILES string of the molecule is O=C(O)[C@@H]1CC[C@H](C(=O)Nc2ccc(CN3CCc4ccccc43)cc2)C1. The topological polar surface area (TPSA) is 69.6 Å². The van der Waals surface area contributed by atoms with Crippen molar-refractivity contribution in [1.29, 1.82) is 0 Å². The third-order valence-corrected chi connectivity index (χ3v) is 5.73. The third-order valence-electron chi connectivity index (χ3n) is 5.73. The number of anilines is 2. The summed E-state index contributed by atoms with van der Waals surface area (Å²) in [6, 6.07) is 16.5.